The summed E-state index contributed by atoms with van der Waals surface area (Å²) in [6.45, 7) is 1.50. The molecule has 0 bridgehead atoms. The van der Waals surface area contributed by atoms with Gasteiger partial charge >= 0.3 is 6.01 Å². The molecule has 0 spiro atoms. The van der Waals surface area contributed by atoms with Gasteiger partial charge in [0, 0.05) is 25.9 Å². The molecule has 11 nitrogen and oxygen atoms in total. The smallest absolute Gasteiger partial charge is 0.346 e. The second kappa shape index (κ2) is 10.00. The first-order valence-corrected chi connectivity index (χ1v) is 10.5. The highest BCUT2D eigenvalue weighted by molar-refractivity contribution is 7.99. The summed E-state index contributed by atoms with van der Waals surface area (Å²) in [5, 5.41) is 27.3. The van der Waals surface area contributed by atoms with Gasteiger partial charge in [0.05, 0.1) is 12.8 Å². The number of nitrogens with zero attached hydrogens (tertiary/aromatic N) is 8. The zero-order chi connectivity index (χ0) is 21.5. The number of rotatable bonds is 10. The van der Waals surface area contributed by atoms with Crippen molar-refractivity contribution in [2.75, 3.05) is 19.4 Å². The number of thioether (sulfide) groups is 1. The number of tetrazole rings is 2. The van der Waals surface area contributed by atoms with Crippen LogP contribution in [0.2, 0.25) is 0 Å². The Labute approximate surface area is 182 Å². The minimum absolute atomic E-state index is 0.255. The maximum Gasteiger partial charge on any atom is 0.346 e. The van der Waals surface area contributed by atoms with Crippen molar-refractivity contribution >= 4 is 11.8 Å². The Hall–Kier alpha value is -3.51. The van der Waals surface area contributed by atoms with Gasteiger partial charge in [0.2, 0.25) is 5.16 Å². The maximum atomic E-state index is 5.93. The van der Waals surface area contributed by atoms with Crippen LogP contribution in [0.3, 0.4) is 0 Å². The van der Waals surface area contributed by atoms with Crippen molar-refractivity contribution in [2.24, 2.45) is 7.05 Å². The molecule has 0 atom stereocenters. The van der Waals surface area contributed by atoms with Crippen LogP contribution < -0.4 is 14.8 Å². The van der Waals surface area contributed by atoms with Gasteiger partial charge in [-0.25, -0.2) is 4.68 Å². The molecule has 0 amide bonds. The van der Waals surface area contributed by atoms with Crippen molar-refractivity contribution < 1.29 is 9.47 Å². The minimum Gasteiger partial charge on any atom is -0.493 e. The zero-order valence-electron chi connectivity index (χ0n) is 17.0. The van der Waals surface area contributed by atoms with Gasteiger partial charge in [0.1, 0.15) is 0 Å². The molecule has 4 rings (SSSR count). The van der Waals surface area contributed by atoms with Gasteiger partial charge in [-0.1, -0.05) is 41.1 Å². The van der Waals surface area contributed by atoms with Crippen molar-refractivity contribution in [3.05, 3.63) is 54.1 Å². The van der Waals surface area contributed by atoms with Crippen LogP contribution in [0.1, 0.15) is 5.56 Å². The summed E-state index contributed by atoms with van der Waals surface area (Å²) >= 11 is 1.60. The first-order chi connectivity index (χ1) is 15.2. The third-order valence-electron chi connectivity index (χ3n) is 4.29. The molecule has 0 fully saturated rings. The number of hydrogen-bond acceptors (Lipinski definition) is 10. The van der Waals surface area contributed by atoms with E-state index in [0.717, 1.165) is 28.7 Å². The average Bonchev–Trinajstić information content (AvgIpc) is 3.43. The van der Waals surface area contributed by atoms with Gasteiger partial charge in [-0.3, -0.25) is 0 Å². The van der Waals surface area contributed by atoms with Crippen molar-refractivity contribution in [1.29, 1.82) is 0 Å². The second-order valence-electron chi connectivity index (χ2n) is 6.41. The molecular weight excluding hydrogens is 418 g/mol. The molecule has 0 saturated carbocycles. The monoisotopic (exact) mass is 439 g/mol. The van der Waals surface area contributed by atoms with Crippen LogP contribution in [0.5, 0.6) is 17.5 Å². The van der Waals surface area contributed by atoms with E-state index in [1.165, 1.54) is 4.68 Å². The van der Waals surface area contributed by atoms with Crippen LogP contribution in [0.4, 0.5) is 0 Å². The predicted molar refractivity (Wildman–Crippen MR) is 113 cm³/mol. The predicted octanol–water partition coefficient (Wildman–Crippen LogP) is 1.87. The number of aromatic nitrogens is 8. The third-order valence-corrected chi connectivity index (χ3v) is 5.30. The van der Waals surface area contributed by atoms with Crippen LogP contribution >= 0.6 is 11.8 Å². The van der Waals surface area contributed by atoms with E-state index in [9.17, 15) is 0 Å². The maximum absolute atomic E-state index is 5.93. The molecule has 12 heteroatoms. The van der Waals surface area contributed by atoms with Crippen molar-refractivity contribution in [1.82, 2.24) is 45.7 Å². The van der Waals surface area contributed by atoms with Crippen LogP contribution in [-0.2, 0) is 13.6 Å². The fourth-order valence-electron chi connectivity index (χ4n) is 2.77. The summed E-state index contributed by atoms with van der Waals surface area (Å²) in [7, 11) is 3.43. The van der Waals surface area contributed by atoms with Gasteiger partial charge in [-0.15, -0.1) is 5.10 Å². The van der Waals surface area contributed by atoms with E-state index in [0.29, 0.717) is 18.0 Å². The molecule has 2 heterocycles. The Morgan fingerprint density at radius 3 is 2.61 bits per heavy atom. The molecule has 2 aromatic carbocycles. The number of nitrogens with one attached hydrogen (secondary N) is 1. The van der Waals surface area contributed by atoms with E-state index in [1.807, 2.05) is 55.6 Å². The number of methoxy groups -OCH3 is 1. The fourth-order valence-corrected chi connectivity index (χ4v) is 3.52. The summed E-state index contributed by atoms with van der Waals surface area (Å²) in [4.78, 5) is 0. The Balaban J connectivity index is 1.35. The van der Waals surface area contributed by atoms with Crippen LogP contribution in [0, 0.1) is 0 Å². The SMILES string of the molecule is COc1cc(CNCCSc2nnnn2C)ccc1Oc1nnnn1-c1ccccc1. The van der Waals surface area contributed by atoms with E-state index in [2.05, 4.69) is 36.4 Å². The van der Waals surface area contributed by atoms with Crippen molar-refractivity contribution in [3.8, 4) is 23.2 Å². The van der Waals surface area contributed by atoms with E-state index in [-0.39, 0.29) is 6.01 Å². The number of ether oxygens (including phenoxy) is 2. The van der Waals surface area contributed by atoms with Crippen LogP contribution in [0.15, 0.2) is 53.7 Å². The molecule has 0 aliphatic rings. The number of benzene rings is 2. The molecule has 2 aromatic heterocycles. The van der Waals surface area contributed by atoms with Gasteiger partial charge in [0.25, 0.3) is 0 Å². The fraction of sp³-hybridized carbons (Fsp3) is 0.263. The van der Waals surface area contributed by atoms with E-state index >= 15 is 0 Å². The first-order valence-electron chi connectivity index (χ1n) is 9.49. The van der Waals surface area contributed by atoms with Crippen LogP contribution in [0.25, 0.3) is 5.69 Å². The average molecular weight is 440 g/mol. The first kappa shape index (κ1) is 20.8. The topological polar surface area (TPSA) is 118 Å². The Kier molecular flexibility index (Phi) is 6.69. The standard InChI is InChI=1S/C19H21N9O2S/c1-27-19(22-24-25-27)31-11-10-20-13-14-8-9-16(17(12-14)29-2)30-18-21-23-26-28(18)15-6-4-3-5-7-15/h3-9,12,20H,10-11,13H2,1-2H3. The summed E-state index contributed by atoms with van der Waals surface area (Å²) in [5.74, 6) is 1.99. The molecule has 0 radical (unpaired) electrons. The molecule has 1 N–H and O–H groups in total. The zero-order valence-corrected chi connectivity index (χ0v) is 17.9. The lowest BCUT2D eigenvalue weighted by molar-refractivity contribution is 0.362. The Bertz CT molecular complexity index is 1120. The normalized spacial score (nSPS) is 10.9. The minimum atomic E-state index is 0.255. The van der Waals surface area contributed by atoms with Gasteiger partial charge < -0.3 is 14.8 Å². The molecule has 0 saturated heterocycles. The highest BCUT2D eigenvalue weighted by Gasteiger charge is 2.14. The largest absolute Gasteiger partial charge is 0.493 e. The summed E-state index contributed by atoms with van der Waals surface area (Å²) in [5.41, 5.74) is 1.87. The number of hydrogen-bond donors (Lipinski definition) is 1. The van der Waals surface area contributed by atoms with Crippen LogP contribution in [-0.4, -0.2) is 59.8 Å². The lowest BCUT2D eigenvalue weighted by Crippen LogP contribution is -2.16. The second-order valence-corrected chi connectivity index (χ2v) is 7.47. The molecular formula is C19H21N9O2S. The molecule has 0 unspecified atom stereocenters. The van der Waals surface area contributed by atoms with E-state index < -0.39 is 0 Å². The van der Waals surface area contributed by atoms with Crippen molar-refractivity contribution in [2.45, 2.75) is 11.7 Å². The summed E-state index contributed by atoms with van der Waals surface area (Å²) < 4.78 is 14.6. The third kappa shape index (κ3) is 5.16. The molecule has 0 aliphatic heterocycles. The summed E-state index contributed by atoms with van der Waals surface area (Å²) in [6.07, 6.45) is 0. The van der Waals surface area contributed by atoms with E-state index in [4.69, 9.17) is 9.47 Å². The van der Waals surface area contributed by atoms with Gasteiger partial charge in [-0.2, -0.15) is 4.68 Å². The number of para-hydroxylation sites is 1. The molecule has 160 valence electrons. The lowest BCUT2D eigenvalue weighted by atomic mass is 10.2. The molecule has 4 aromatic rings. The highest BCUT2D eigenvalue weighted by atomic mass is 32.2. The Morgan fingerprint density at radius 1 is 1.00 bits per heavy atom. The number of aryl methyl sites for hydroxylation is 1. The highest BCUT2D eigenvalue weighted by Crippen LogP contribution is 2.32. The lowest BCUT2D eigenvalue weighted by Gasteiger charge is -2.12. The van der Waals surface area contributed by atoms with E-state index in [1.54, 1.807) is 23.6 Å². The van der Waals surface area contributed by atoms with Gasteiger partial charge in [0.15, 0.2) is 11.5 Å². The molecule has 0 aliphatic carbocycles. The van der Waals surface area contributed by atoms with Gasteiger partial charge in [-0.05, 0) is 50.7 Å². The quantitative estimate of drug-likeness (QED) is 0.290. The molecule has 31 heavy (non-hydrogen) atoms. The Morgan fingerprint density at radius 2 is 1.84 bits per heavy atom. The summed E-state index contributed by atoms with van der Waals surface area (Å²) in [6, 6.07) is 15.5. The van der Waals surface area contributed by atoms with Crippen molar-refractivity contribution in [3.63, 3.8) is 0 Å².